The zero-order chi connectivity index (χ0) is 12.8. The molecule has 96 valence electrons. The van der Waals surface area contributed by atoms with Gasteiger partial charge in [0.25, 0.3) is 0 Å². The molecule has 0 saturated heterocycles. The maximum absolute atomic E-state index is 4.53. The van der Waals surface area contributed by atoms with E-state index in [2.05, 4.69) is 51.0 Å². The highest BCUT2D eigenvalue weighted by molar-refractivity contribution is 7.99. The van der Waals surface area contributed by atoms with E-state index in [0.29, 0.717) is 17.2 Å². The van der Waals surface area contributed by atoms with Crippen LogP contribution >= 0.6 is 11.8 Å². The molecule has 0 aromatic carbocycles. The van der Waals surface area contributed by atoms with E-state index in [9.17, 15) is 0 Å². The molecule has 0 aliphatic heterocycles. The Morgan fingerprint density at radius 1 is 1.29 bits per heavy atom. The van der Waals surface area contributed by atoms with Crippen LogP contribution in [-0.2, 0) is 0 Å². The number of nitrogens with one attached hydrogen (secondary N) is 1. The van der Waals surface area contributed by atoms with Gasteiger partial charge in [-0.25, -0.2) is 4.98 Å². The second-order valence-corrected chi connectivity index (χ2v) is 6.11. The molecule has 0 aliphatic carbocycles. The average molecular weight is 252 g/mol. The maximum Gasteiger partial charge on any atom is 0.101 e. The quantitative estimate of drug-likeness (QED) is 0.778. The zero-order valence-electron chi connectivity index (χ0n) is 11.5. The third-order valence-corrected chi connectivity index (χ3v) is 4.49. The molecule has 0 radical (unpaired) electrons. The topological polar surface area (TPSA) is 24.9 Å². The Morgan fingerprint density at radius 2 is 2.00 bits per heavy atom. The van der Waals surface area contributed by atoms with Gasteiger partial charge in [0.15, 0.2) is 0 Å². The summed E-state index contributed by atoms with van der Waals surface area (Å²) < 4.78 is 0. The van der Waals surface area contributed by atoms with Gasteiger partial charge in [0.2, 0.25) is 0 Å². The van der Waals surface area contributed by atoms with Crippen molar-refractivity contribution in [2.24, 2.45) is 5.92 Å². The van der Waals surface area contributed by atoms with Gasteiger partial charge in [0.1, 0.15) is 5.03 Å². The summed E-state index contributed by atoms with van der Waals surface area (Å²) in [6.07, 6.45) is 1.89. The number of pyridine rings is 1. The van der Waals surface area contributed by atoms with Crippen molar-refractivity contribution in [3.8, 4) is 0 Å². The molecule has 3 heteroatoms. The summed E-state index contributed by atoms with van der Waals surface area (Å²) in [5.74, 6) is 0.671. The van der Waals surface area contributed by atoms with Crippen LogP contribution in [0.1, 0.15) is 46.2 Å². The Labute approximate surface area is 110 Å². The van der Waals surface area contributed by atoms with Gasteiger partial charge < -0.3 is 5.32 Å². The molecule has 0 spiro atoms. The third-order valence-electron chi connectivity index (χ3n) is 3.01. The fourth-order valence-electron chi connectivity index (χ4n) is 1.56. The Kier molecular flexibility index (Phi) is 6.00. The van der Waals surface area contributed by atoms with Crippen molar-refractivity contribution in [3.05, 3.63) is 23.9 Å². The average Bonchev–Trinajstić information content (AvgIpc) is 2.29. The van der Waals surface area contributed by atoms with E-state index in [1.165, 1.54) is 10.6 Å². The number of hydrogen-bond acceptors (Lipinski definition) is 3. The lowest BCUT2D eigenvalue weighted by Crippen LogP contribution is -2.19. The summed E-state index contributed by atoms with van der Waals surface area (Å²) in [5.41, 5.74) is 1.31. The van der Waals surface area contributed by atoms with Gasteiger partial charge in [-0.3, -0.25) is 0 Å². The van der Waals surface area contributed by atoms with Crippen LogP contribution in [0.2, 0.25) is 0 Å². The van der Waals surface area contributed by atoms with E-state index in [0.717, 1.165) is 6.54 Å². The minimum absolute atomic E-state index is 0.371. The van der Waals surface area contributed by atoms with Gasteiger partial charge >= 0.3 is 0 Å². The summed E-state index contributed by atoms with van der Waals surface area (Å²) in [6.45, 7) is 12.1. The maximum atomic E-state index is 4.53. The summed E-state index contributed by atoms with van der Waals surface area (Å²) in [4.78, 5) is 4.53. The zero-order valence-corrected chi connectivity index (χ0v) is 12.3. The highest BCUT2D eigenvalue weighted by atomic mass is 32.2. The smallest absolute Gasteiger partial charge is 0.101 e. The largest absolute Gasteiger partial charge is 0.310 e. The molecular weight excluding hydrogens is 228 g/mol. The molecule has 1 heterocycles. The molecular formula is C14H24N2S. The molecule has 2 nitrogen and oxygen atoms in total. The van der Waals surface area contributed by atoms with Gasteiger partial charge in [-0.15, -0.1) is 11.8 Å². The predicted molar refractivity (Wildman–Crippen MR) is 76.5 cm³/mol. The van der Waals surface area contributed by atoms with Crippen LogP contribution in [0.4, 0.5) is 0 Å². The molecule has 17 heavy (non-hydrogen) atoms. The van der Waals surface area contributed by atoms with Crippen LogP contribution in [0, 0.1) is 5.92 Å². The first-order valence-electron chi connectivity index (χ1n) is 6.41. The van der Waals surface area contributed by atoms with Crippen molar-refractivity contribution in [2.75, 3.05) is 6.54 Å². The Hall–Kier alpha value is -0.540. The molecule has 0 amide bonds. The van der Waals surface area contributed by atoms with Crippen molar-refractivity contribution in [2.45, 2.75) is 50.9 Å². The fraction of sp³-hybridized carbons (Fsp3) is 0.643. The Balaban J connectivity index is 2.84. The Bertz CT molecular complexity index is 339. The summed E-state index contributed by atoms with van der Waals surface area (Å²) in [5, 5.41) is 5.21. The van der Waals surface area contributed by atoms with Gasteiger partial charge in [0, 0.05) is 23.1 Å². The molecule has 2 unspecified atom stereocenters. The van der Waals surface area contributed by atoms with Crippen LogP contribution < -0.4 is 5.32 Å². The van der Waals surface area contributed by atoms with Crippen molar-refractivity contribution < 1.29 is 0 Å². The highest BCUT2D eigenvalue weighted by Crippen LogP contribution is 2.31. The summed E-state index contributed by atoms with van der Waals surface area (Å²) >= 11 is 1.88. The summed E-state index contributed by atoms with van der Waals surface area (Å²) in [6, 6.07) is 4.57. The lowest BCUT2D eigenvalue weighted by molar-refractivity contribution is 0.583. The molecule has 0 aliphatic rings. The molecule has 1 rings (SSSR count). The third kappa shape index (κ3) is 4.32. The SMILES string of the molecule is CCNC(C)c1cccnc1SC(C)C(C)C. The Morgan fingerprint density at radius 3 is 2.59 bits per heavy atom. The molecule has 1 aromatic heterocycles. The number of thioether (sulfide) groups is 1. The van der Waals surface area contributed by atoms with Crippen molar-refractivity contribution in [1.82, 2.24) is 10.3 Å². The first kappa shape index (κ1) is 14.5. The minimum Gasteiger partial charge on any atom is -0.310 e. The monoisotopic (exact) mass is 252 g/mol. The van der Waals surface area contributed by atoms with Crippen molar-refractivity contribution in [1.29, 1.82) is 0 Å². The first-order valence-corrected chi connectivity index (χ1v) is 7.29. The second-order valence-electron chi connectivity index (χ2n) is 4.74. The normalized spacial score (nSPS) is 14.9. The first-order chi connectivity index (χ1) is 8.06. The van der Waals surface area contributed by atoms with Gasteiger partial charge in [-0.05, 0) is 25.5 Å². The number of rotatable bonds is 6. The predicted octanol–water partition coefficient (Wildman–Crippen LogP) is 3.89. The van der Waals surface area contributed by atoms with Gasteiger partial charge in [0.05, 0.1) is 0 Å². The minimum atomic E-state index is 0.371. The van der Waals surface area contributed by atoms with Crippen LogP contribution in [0.15, 0.2) is 23.4 Å². The van der Waals surface area contributed by atoms with Crippen LogP contribution in [-0.4, -0.2) is 16.8 Å². The molecule has 0 bridgehead atoms. The molecule has 0 saturated carbocycles. The van der Waals surface area contributed by atoms with Crippen LogP contribution in [0.5, 0.6) is 0 Å². The van der Waals surface area contributed by atoms with Gasteiger partial charge in [-0.1, -0.05) is 33.8 Å². The van der Waals surface area contributed by atoms with E-state index in [4.69, 9.17) is 0 Å². The number of aromatic nitrogens is 1. The highest BCUT2D eigenvalue weighted by Gasteiger charge is 2.15. The number of nitrogens with zero attached hydrogens (tertiary/aromatic N) is 1. The van der Waals surface area contributed by atoms with E-state index in [1.54, 1.807) is 0 Å². The fourth-order valence-corrected chi connectivity index (χ4v) is 2.69. The standard InChI is InChI=1S/C14H24N2S/c1-6-15-11(4)13-8-7-9-16-14(13)17-12(5)10(2)3/h7-12,15H,6H2,1-5H3. The summed E-state index contributed by atoms with van der Waals surface area (Å²) in [7, 11) is 0. The molecule has 2 atom stereocenters. The van der Waals surface area contributed by atoms with Gasteiger partial charge in [-0.2, -0.15) is 0 Å². The van der Waals surface area contributed by atoms with Crippen LogP contribution in [0.3, 0.4) is 0 Å². The van der Waals surface area contributed by atoms with E-state index in [-0.39, 0.29) is 0 Å². The van der Waals surface area contributed by atoms with E-state index >= 15 is 0 Å². The van der Waals surface area contributed by atoms with E-state index in [1.807, 2.05) is 24.0 Å². The van der Waals surface area contributed by atoms with Crippen molar-refractivity contribution >= 4 is 11.8 Å². The van der Waals surface area contributed by atoms with Crippen LogP contribution in [0.25, 0.3) is 0 Å². The van der Waals surface area contributed by atoms with Crippen molar-refractivity contribution in [3.63, 3.8) is 0 Å². The van der Waals surface area contributed by atoms with E-state index < -0.39 is 0 Å². The molecule has 1 aromatic rings. The lowest BCUT2D eigenvalue weighted by Gasteiger charge is -2.19. The lowest BCUT2D eigenvalue weighted by atomic mass is 10.1. The second kappa shape index (κ2) is 7.02. The molecule has 0 fully saturated rings. The molecule has 1 N–H and O–H groups in total. The number of hydrogen-bond donors (Lipinski definition) is 1.